The van der Waals surface area contributed by atoms with E-state index in [4.69, 9.17) is 10.3 Å². The summed E-state index contributed by atoms with van der Waals surface area (Å²) in [6, 6.07) is 7.10. The number of carboxylic acid groups (broad SMARTS) is 2. The van der Waals surface area contributed by atoms with Gasteiger partial charge in [0, 0.05) is 29.9 Å². The number of hydrogen-bond donors (Lipinski definition) is 5. The average molecular weight is 306 g/mol. The quantitative estimate of drug-likeness (QED) is 0.304. The Morgan fingerprint density at radius 1 is 1.23 bits per heavy atom. The van der Waals surface area contributed by atoms with Crippen LogP contribution >= 0.6 is 0 Å². The molecule has 0 aliphatic carbocycles. The molecule has 0 aliphatic heterocycles. The van der Waals surface area contributed by atoms with Gasteiger partial charge in [0.05, 0.1) is 0 Å². The molecule has 116 valence electrons. The summed E-state index contributed by atoms with van der Waals surface area (Å²) in [6.07, 6.45) is 0.390. The largest absolute Gasteiger partial charge is 0.479 e. The highest BCUT2D eigenvalue weighted by molar-refractivity contribution is 6.36. The lowest BCUT2D eigenvalue weighted by molar-refractivity contribution is -0.157. The second kappa shape index (κ2) is 5.86. The van der Waals surface area contributed by atoms with Crippen molar-refractivity contribution >= 4 is 28.6 Å². The molecular formula is C14H14N2O6. The van der Waals surface area contributed by atoms with Crippen molar-refractivity contribution in [2.45, 2.75) is 18.4 Å². The maximum atomic E-state index is 11.4. The number of nitrogens with one attached hydrogen (secondary N) is 1. The Hall–Kier alpha value is -2.87. The Morgan fingerprint density at radius 3 is 2.50 bits per heavy atom. The first kappa shape index (κ1) is 15.5. The summed E-state index contributed by atoms with van der Waals surface area (Å²) in [5, 5.41) is 40.2. The molecule has 0 saturated heterocycles. The predicted octanol–water partition coefficient (Wildman–Crippen LogP) is 0.831. The molecule has 0 radical (unpaired) electrons. The molecule has 2 aromatic rings. The van der Waals surface area contributed by atoms with Gasteiger partial charge in [-0.05, 0) is 11.6 Å². The van der Waals surface area contributed by atoms with Crippen molar-refractivity contribution in [2.24, 2.45) is 5.16 Å². The number of aliphatic carboxylic acids is 2. The first-order chi connectivity index (χ1) is 10.4. The van der Waals surface area contributed by atoms with Crippen LogP contribution in [0.2, 0.25) is 0 Å². The van der Waals surface area contributed by atoms with E-state index in [0.29, 0.717) is 5.56 Å². The van der Waals surface area contributed by atoms with Crippen LogP contribution in [0.5, 0.6) is 0 Å². The molecule has 2 rings (SSSR count). The molecule has 0 bridgehead atoms. The number of H-pyrrole nitrogens is 1. The van der Waals surface area contributed by atoms with Gasteiger partial charge in [0.25, 0.3) is 0 Å². The number of oxime groups is 1. The van der Waals surface area contributed by atoms with E-state index in [1.165, 1.54) is 0 Å². The monoisotopic (exact) mass is 306 g/mol. The Bertz CT molecular complexity index is 751. The lowest BCUT2D eigenvalue weighted by atomic mass is 9.89. The van der Waals surface area contributed by atoms with Crippen molar-refractivity contribution < 1.29 is 30.1 Å². The molecule has 1 aromatic carbocycles. The maximum Gasteiger partial charge on any atom is 0.353 e. The lowest BCUT2D eigenvalue weighted by Gasteiger charge is -2.22. The van der Waals surface area contributed by atoms with Crippen LogP contribution in [0.4, 0.5) is 0 Å². The van der Waals surface area contributed by atoms with Crippen LogP contribution in [0.25, 0.3) is 10.9 Å². The number of nitrogens with zero attached hydrogens (tertiary/aromatic N) is 1. The molecule has 22 heavy (non-hydrogen) atoms. The first-order valence-electron chi connectivity index (χ1n) is 6.32. The molecule has 0 spiro atoms. The van der Waals surface area contributed by atoms with Crippen LogP contribution < -0.4 is 0 Å². The normalized spacial score (nSPS) is 14.7. The van der Waals surface area contributed by atoms with Gasteiger partial charge in [0.15, 0.2) is 11.3 Å². The summed E-state index contributed by atoms with van der Waals surface area (Å²) in [5.74, 6) is -3.19. The highest BCUT2D eigenvalue weighted by Crippen LogP contribution is 2.25. The Morgan fingerprint density at radius 2 is 1.91 bits per heavy atom. The molecule has 0 fully saturated rings. The number of carboxylic acids is 2. The fraction of sp³-hybridized carbons (Fsp3) is 0.214. The van der Waals surface area contributed by atoms with E-state index in [1.54, 1.807) is 30.5 Å². The van der Waals surface area contributed by atoms with Gasteiger partial charge >= 0.3 is 11.9 Å². The van der Waals surface area contributed by atoms with Crippen LogP contribution in [0.3, 0.4) is 0 Å². The van der Waals surface area contributed by atoms with Crippen molar-refractivity contribution in [3.8, 4) is 0 Å². The zero-order valence-corrected chi connectivity index (χ0v) is 11.4. The second-order valence-electron chi connectivity index (χ2n) is 4.90. The van der Waals surface area contributed by atoms with Crippen molar-refractivity contribution in [1.29, 1.82) is 0 Å². The van der Waals surface area contributed by atoms with E-state index in [1.807, 2.05) is 0 Å². The molecule has 1 aromatic heterocycles. The summed E-state index contributed by atoms with van der Waals surface area (Å²) in [5.41, 5.74) is -1.95. The van der Waals surface area contributed by atoms with Crippen LogP contribution in [-0.4, -0.2) is 48.8 Å². The van der Waals surface area contributed by atoms with Crippen LogP contribution in [0, 0.1) is 0 Å². The average Bonchev–Trinajstić information content (AvgIpc) is 2.87. The topological polar surface area (TPSA) is 143 Å². The molecule has 0 aliphatic rings. The number of rotatable bonds is 6. The SMILES string of the molecule is O=C(O)C(CC(O)(Cc1c[nH]c2ccccc12)C(=O)O)=NO. The number of para-hydroxylation sites is 1. The minimum absolute atomic E-state index is 0.335. The van der Waals surface area contributed by atoms with E-state index < -0.39 is 29.7 Å². The number of carbonyl (C=O) groups is 2. The lowest BCUT2D eigenvalue weighted by Crippen LogP contribution is -2.44. The van der Waals surface area contributed by atoms with E-state index in [0.717, 1.165) is 10.9 Å². The summed E-state index contributed by atoms with van der Waals surface area (Å²) in [6.45, 7) is 0. The third-order valence-corrected chi connectivity index (χ3v) is 3.38. The van der Waals surface area contributed by atoms with Crippen molar-refractivity contribution in [3.05, 3.63) is 36.0 Å². The number of aliphatic hydroxyl groups is 1. The molecule has 1 heterocycles. The van der Waals surface area contributed by atoms with Gasteiger partial charge in [0.2, 0.25) is 0 Å². The molecule has 1 unspecified atom stereocenters. The highest BCUT2D eigenvalue weighted by Gasteiger charge is 2.40. The molecule has 8 heteroatoms. The van der Waals surface area contributed by atoms with E-state index >= 15 is 0 Å². The Labute approximate surface area is 124 Å². The fourth-order valence-electron chi connectivity index (χ4n) is 2.24. The van der Waals surface area contributed by atoms with E-state index in [9.17, 15) is 19.8 Å². The Kier molecular flexibility index (Phi) is 4.13. The zero-order valence-electron chi connectivity index (χ0n) is 11.4. The van der Waals surface area contributed by atoms with Gasteiger partial charge in [-0.2, -0.15) is 0 Å². The second-order valence-corrected chi connectivity index (χ2v) is 4.90. The molecule has 8 nitrogen and oxygen atoms in total. The molecule has 1 atom stereocenters. The van der Waals surface area contributed by atoms with Gasteiger partial charge in [-0.15, -0.1) is 0 Å². The third kappa shape index (κ3) is 2.91. The van der Waals surface area contributed by atoms with E-state index in [2.05, 4.69) is 10.1 Å². The van der Waals surface area contributed by atoms with Crippen molar-refractivity contribution in [2.75, 3.05) is 0 Å². The minimum atomic E-state index is -2.40. The number of benzene rings is 1. The molecule has 0 amide bonds. The fourth-order valence-corrected chi connectivity index (χ4v) is 2.24. The minimum Gasteiger partial charge on any atom is -0.479 e. The first-order valence-corrected chi connectivity index (χ1v) is 6.32. The van der Waals surface area contributed by atoms with Crippen molar-refractivity contribution in [1.82, 2.24) is 4.98 Å². The van der Waals surface area contributed by atoms with Gasteiger partial charge in [-0.25, -0.2) is 9.59 Å². The summed E-state index contributed by atoms with van der Waals surface area (Å²) < 4.78 is 0. The number of fused-ring (bicyclic) bond motifs is 1. The maximum absolute atomic E-state index is 11.4. The van der Waals surface area contributed by atoms with Gasteiger partial charge in [-0.1, -0.05) is 23.4 Å². The number of hydrogen-bond acceptors (Lipinski definition) is 5. The van der Waals surface area contributed by atoms with E-state index in [-0.39, 0.29) is 6.42 Å². The van der Waals surface area contributed by atoms with Gasteiger partial charge in [0.1, 0.15) is 0 Å². The van der Waals surface area contributed by atoms with Gasteiger partial charge < -0.3 is 25.5 Å². The summed E-state index contributed by atoms with van der Waals surface area (Å²) in [7, 11) is 0. The predicted molar refractivity (Wildman–Crippen MR) is 76.1 cm³/mol. The third-order valence-electron chi connectivity index (χ3n) is 3.38. The smallest absolute Gasteiger partial charge is 0.353 e. The van der Waals surface area contributed by atoms with Crippen molar-refractivity contribution in [3.63, 3.8) is 0 Å². The molecule has 5 N–H and O–H groups in total. The summed E-state index contributed by atoms with van der Waals surface area (Å²) in [4.78, 5) is 25.2. The number of aromatic amines is 1. The molecular weight excluding hydrogens is 292 g/mol. The summed E-state index contributed by atoms with van der Waals surface area (Å²) >= 11 is 0. The highest BCUT2D eigenvalue weighted by atomic mass is 16.4. The van der Waals surface area contributed by atoms with Crippen LogP contribution in [0.15, 0.2) is 35.6 Å². The Balaban J connectivity index is 2.36. The molecule has 0 saturated carbocycles. The van der Waals surface area contributed by atoms with Crippen LogP contribution in [-0.2, 0) is 16.0 Å². The number of aromatic nitrogens is 1. The van der Waals surface area contributed by atoms with Crippen LogP contribution in [0.1, 0.15) is 12.0 Å². The van der Waals surface area contributed by atoms with Gasteiger partial charge in [-0.3, -0.25) is 0 Å². The zero-order chi connectivity index (χ0) is 16.3. The standard InChI is InChI=1S/C14H14N2O6/c17-12(18)11(16-22)6-14(21,13(19)20)5-8-7-15-10-4-2-1-3-9(8)10/h1-4,7,15,21-22H,5-6H2,(H,17,18)(H,19,20).